The maximum atomic E-state index is 12.8. The lowest BCUT2D eigenvalue weighted by Crippen LogP contribution is -2.13. The minimum atomic E-state index is -0.351. The molecular formula is C24H28O2. The van der Waals surface area contributed by atoms with Crippen molar-refractivity contribution in [3.05, 3.63) is 69.3 Å². The topological polar surface area (TPSA) is 26.3 Å². The zero-order valence-electron chi connectivity index (χ0n) is 16.9. The van der Waals surface area contributed by atoms with E-state index in [2.05, 4.69) is 78.8 Å². The number of carbonyl (C=O) groups excluding carboxylic acids is 1. The number of hydrogen-bond acceptors (Lipinski definition) is 2. The van der Waals surface area contributed by atoms with Gasteiger partial charge in [0.05, 0.1) is 0 Å². The number of benzene rings is 2. The van der Waals surface area contributed by atoms with Crippen LogP contribution in [-0.2, 0) is 10.2 Å². The number of aryl methyl sites for hydroxylation is 2. The summed E-state index contributed by atoms with van der Waals surface area (Å²) in [5.41, 5.74) is 7.81. The molecule has 0 amide bonds. The molecule has 0 bridgehead atoms. The second kappa shape index (κ2) is 6.42. The average molecular weight is 348 g/mol. The number of esters is 1. The lowest BCUT2D eigenvalue weighted by Gasteiger charge is -2.22. The molecule has 2 aromatic carbocycles. The summed E-state index contributed by atoms with van der Waals surface area (Å²) in [6.07, 6.45) is 2.10. The van der Waals surface area contributed by atoms with Gasteiger partial charge in [-0.05, 0) is 61.4 Å². The highest BCUT2D eigenvalue weighted by atomic mass is 16.5. The van der Waals surface area contributed by atoms with E-state index in [4.69, 9.17) is 4.74 Å². The van der Waals surface area contributed by atoms with Crippen LogP contribution in [0.15, 0.2) is 35.9 Å². The Morgan fingerprint density at radius 2 is 1.73 bits per heavy atom. The number of allylic oxidation sites excluding steroid dienone is 1. The predicted molar refractivity (Wildman–Crippen MR) is 108 cm³/mol. The lowest BCUT2D eigenvalue weighted by molar-refractivity contribution is -0.133. The van der Waals surface area contributed by atoms with Crippen LogP contribution in [0, 0.1) is 13.8 Å². The first kappa shape index (κ1) is 18.4. The zero-order chi connectivity index (χ0) is 19.2. The molecule has 0 saturated carbocycles. The van der Waals surface area contributed by atoms with Crippen molar-refractivity contribution in [3.63, 3.8) is 0 Å². The molecule has 2 aromatic rings. The highest BCUT2D eigenvalue weighted by molar-refractivity contribution is 5.91. The molecular weight excluding hydrogens is 320 g/mol. The summed E-state index contributed by atoms with van der Waals surface area (Å²) in [5.74, 6) is 0.182. The van der Waals surface area contributed by atoms with Crippen LogP contribution in [0.3, 0.4) is 0 Å². The Bertz CT molecular complexity index is 907. The summed E-state index contributed by atoms with van der Waals surface area (Å²) in [6, 6.07) is 10.6. The van der Waals surface area contributed by atoms with Gasteiger partial charge in [0.2, 0.25) is 0 Å². The van der Waals surface area contributed by atoms with Gasteiger partial charge in [0, 0.05) is 11.1 Å². The second-order valence-electron chi connectivity index (χ2n) is 8.65. The highest BCUT2D eigenvalue weighted by Crippen LogP contribution is 2.44. The van der Waals surface area contributed by atoms with E-state index in [1.807, 2.05) is 6.07 Å². The van der Waals surface area contributed by atoms with Gasteiger partial charge in [-0.3, -0.25) is 4.79 Å². The third-order valence-electron chi connectivity index (χ3n) is 5.07. The summed E-state index contributed by atoms with van der Waals surface area (Å²) < 4.78 is 5.76. The van der Waals surface area contributed by atoms with Crippen molar-refractivity contribution in [3.8, 4) is 5.75 Å². The number of rotatable bonds is 2. The van der Waals surface area contributed by atoms with Crippen LogP contribution in [0.25, 0.3) is 6.08 Å². The monoisotopic (exact) mass is 348 g/mol. The molecule has 2 heteroatoms. The summed E-state index contributed by atoms with van der Waals surface area (Å²) in [7, 11) is 0. The Morgan fingerprint density at radius 3 is 2.31 bits per heavy atom. The van der Waals surface area contributed by atoms with Gasteiger partial charge in [-0.1, -0.05) is 56.7 Å². The third-order valence-corrected chi connectivity index (χ3v) is 5.07. The Labute approximate surface area is 156 Å². The van der Waals surface area contributed by atoms with Crippen LogP contribution in [0.5, 0.6) is 5.75 Å². The fourth-order valence-electron chi connectivity index (χ4n) is 3.40. The SMILES string of the molecule is CC(C)=Cc1cc(C(C)(C)C)cc2c1OC(=O)C2c1ccc(C)c(C)c1. The van der Waals surface area contributed by atoms with Crippen molar-refractivity contribution in [1.82, 2.24) is 0 Å². The normalized spacial score (nSPS) is 16.3. The van der Waals surface area contributed by atoms with Crippen molar-refractivity contribution in [2.75, 3.05) is 0 Å². The molecule has 136 valence electrons. The van der Waals surface area contributed by atoms with Gasteiger partial charge in [-0.15, -0.1) is 0 Å². The largest absolute Gasteiger partial charge is 0.425 e. The second-order valence-corrected chi connectivity index (χ2v) is 8.65. The van der Waals surface area contributed by atoms with Gasteiger partial charge in [0.15, 0.2) is 0 Å². The fourth-order valence-corrected chi connectivity index (χ4v) is 3.40. The fraction of sp³-hybridized carbons (Fsp3) is 0.375. The Hall–Kier alpha value is -2.35. The number of hydrogen-bond donors (Lipinski definition) is 0. The first-order valence-corrected chi connectivity index (χ1v) is 9.20. The van der Waals surface area contributed by atoms with E-state index in [0.29, 0.717) is 5.75 Å². The lowest BCUT2D eigenvalue weighted by atomic mass is 9.81. The highest BCUT2D eigenvalue weighted by Gasteiger charge is 2.37. The van der Waals surface area contributed by atoms with Crippen LogP contribution in [-0.4, -0.2) is 5.97 Å². The molecule has 2 nitrogen and oxygen atoms in total. The standard InChI is InChI=1S/C24H28O2/c1-14(2)10-18-12-19(24(5,6)7)13-20-21(23(25)26-22(18)20)17-9-8-15(3)16(4)11-17/h8-13,21H,1-7H3. The quantitative estimate of drug-likeness (QED) is 0.486. The van der Waals surface area contributed by atoms with Gasteiger partial charge >= 0.3 is 5.97 Å². The van der Waals surface area contributed by atoms with Crippen LogP contribution in [0.1, 0.15) is 73.9 Å². The summed E-state index contributed by atoms with van der Waals surface area (Å²) in [4.78, 5) is 12.8. The molecule has 0 fully saturated rings. The van der Waals surface area contributed by atoms with Gasteiger partial charge in [-0.25, -0.2) is 0 Å². The third kappa shape index (κ3) is 3.33. The van der Waals surface area contributed by atoms with E-state index in [1.165, 1.54) is 22.3 Å². The Balaban J connectivity index is 2.24. The predicted octanol–water partition coefficient (Wildman–Crippen LogP) is 6.08. The van der Waals surface area contributed by atoms with E-state index in [0.717, 1.165) is 16.7 Å². The number of carbonyl (C=O) groups is 1. The number of fused-ring (bicyclic) bond motifs is 1. The molecule has 3 rings (SSSR count). The molecule has 26 heavy (non-hydrogen) atoms. The van der Waals surface area contributed by atoms with Crippen molar-refractivity contribution in [2.45, 2.75) is 59.8 Å². The van der Waals surface area contributed by atoms with E-state index in [1.54, 1.807) is 0 Å². The van der Waals surface area contributed by atoms with E-state index in [9.17, 15) is 4.79 Å². The molecule has 1 unspecified atom stereocenters. The molecule has 0 N–H and O–H groups in total. The van der Waals surface area contributed by atoms with Crippen molar-refractivity contribution >= 4 is 12.0 Å². The van der Waals surface area contributed by atoms with Crippen LogP contribution in [0.4, 0.5) is 0 Å². The molecule has 0 aromatic heterocycles. The van der Waals surface area contributed by atoms with Crippen molar-refractivity contribution in [1.29, 1.82) is 0 Å². The maximum Gasteiger partial charge on any atom is 0.323 e. The van der Waals surface area contributed by atoms with Crippen LogP contribution >= 0.6 is 0 Å². The summed E-state index contributed by atoms with van der Waals surface area (Å²) >= 11 is 0. The molecule has 0 radical (unpaired) electrons. The molecule has 0 saturated heterocycles. The Kier molecular flexibility index (Phi) is 4.56. The van der Waals surface area contributed by atoms with E-state index in [-0.39, 0.29) is 17.3 Å². The first-order valence-electron chi connectivity index (χ1n) is 9.20. The van der Waals surface area contributed by atoms with Crippen molar-refractivity contribution in [2.24, 2.45) is 0 Å². The first-order chi connectivity index (χ1) is 12.1. The average Bonchev–Trinajstić information content (AvgIpc) is 2.85. The maximum absolute atomic E-state index is 12.8. The van der Waals surface area contributed by atoms with Gasteiger partial charge in [-0.2, -0.15) is 0 Å². The summed E-state index contributed by atoms with van der Waals surface area (Å²) in [5, 5.41) is 0. The molecule has 1 aliphatic heterocycles. The van der Waals surface area contributed by atoms with Gasteiger partial charge < -0.3 is 4.74 Å². The molecule has 0 aliphatic carbocycles. The molecule has 1 aliphatic rings. The van der Waals surface area contributed by atoms with E-state index >= 15 is 0 Å². The molecule has 0 spiro atoms. The van der Waals surface area contributed by atoms with Gasteiger partial charge in [0.1, 0.15) is 11.7 Å². The minimum Gasteiger partial charge on any atom is -0.425 e. The molecule has 1 heterocycles. The number of ether oxygens (including phenoxy) is 1. The van der Waals surface area contributed by atoms with Gasteiger partial charge in [0.25, 0.3) is 0 Å². The van der Waals surface area contributed by atoms with Crippen LogP contribution in [0.2, 0.25) is 0 Å². The minimum absolute atomic E-state index is 0.00134. The summed E-state index contributed by atoms with van der Waals surface area (Å²) in [6.45, 7) is 14.9. The smallest absolute Gasteiger partial charge is 0.323 e. The Morgan fingerprint density at radius 1 is 1.04 bits per heavy atom. The van der Waals surface area contributed by atoms with Crippen molar-refractivity contribution < 1.29 is 9.53 Å². The van der Waals surface area contributed by atoms with Crippen LogP contribution < -0.4 is 4.74 Å². The molecule has 1 atom stereocenters. The zero-order valence-corrected chi connectivity index (χ0v) is 16.9. The van der Waals surface area contributed by atoms with E-state index < -0.39 is 0 Å².